The quantitative estimate of drug-likeness (QED) is 0.161. The number of anilines is 4. The number of benzene rings is 2. The molecule has 0 aliphatic carbocycles. The smallest absolute Gasteiger partial charge is 0.256 e. The van der Waals surface area contributed by atoms with Gasteiger partial charge >= 0.3 is 0 Å². The Labute approximate surface area is 211 Å². The molecule has 4 rings (SSSR count). The highest BCUT2D eigenvalue weighted by Gasteiger charge is 2.20. The Bertz CT molecular complexity index is 1480. The van der Waals surface area contributed by atoms with Gasteiger partial charge in [-0.1, -0.05) is 12.6 Å². The first-order valence-corrected chi connectivity index (χ1v) is 11.0. The molecule has 0 unspecified atom stereocenters. The van der Waals surface area contributed by atoms with Crippen LogP contribution in [0.5, 0.6) is 17.2 Å². The van der Waals surface area contributed by atoms with Crippen molar-refractivity contribution in [2.45, 2.75) is 6.54 Å². The van der Waals surface area contributed by atoms with E-state index < -0.39 is 11.8 Å². The van der Waals surface area contributed by atoms with Crippen LogP contribution >= 0.6 is 0 Å². The monoisotopic (exact) mass is 503 g/mol. The number of carbonyl (C=O) groups is 2. The van der Waals surface area contributed by atoms with Crippen LogP contribution < -0.4 is 31.2 Å². The first-order chi connectivity index (χ1) is 17.8. The number of fused-ring (bicyclic) bond motifs is 1. The third-order valence-electron chi connectivity index (χ3n) is 5.36. The number of nitrogens with two attached hydrogens (primary N) is 1. The minimum Gasteiger partial charge on any atom is -0.506 e. The number of ether oxygens (including phenoxy) is 2. The van der Waals surface area contributed by atoms with Crippen molar-refractivity contribution in [3.8, 4) is 17.2 Å². The number of rotatable bonds is 10. The lowest BCUT2D eigenvalue weighted by molar-refractivity contribution is -0.111. The van der Waals surface area contributed by atoms with Crippen LogP contribution in [0.25, 0.3) is 5.65 Å². The van der Waals surface area contributed by atoms with Crippen molar-refractivity contribution < 1.29 is 24.2 Å². The minimum absolute atomic E-state index is 0.0833. The van der Waals surface area contributed by atoms with Gasteiger partial charge in [0.25, 0.3) is 5.91 Å². The average molecular weight is 504 g/mol. The third-order valence-corrected chi connectivity index (χ3v) is 5.36. The topological polar surface area (TPSA) is 165 Å². The maximum atomic E-state index is 12.4. The molecule has 0 saturated carbocycles. The molecule has 2 aromatic heterocycles. The van der Waals surface area contributed by atoms with Crippen molar-refractivity contribution in [3.05, 3.63) is 72.6 Å². The summed E-state index contributed by atoms with van der Waals surface area (Å²) in [4.78, 5) is 33.0. The van der Waals surface area contributed by atoms with E-state index in [0.29, 0.717) is 28.8 Å². The molecule has 0 aliphatic rings. The summed E-state index contributed by atoms with van der Waals surface area (Å²) in [5.41, 5.74) is 7.61. The van der Waals surface area contributed by atoms with Gasteiger partial charge in [0.2, 0.25) is 11.9 Å². The summed E-state index contributed by atoms with van der Waals surface area (Å²) in [6, 6.07) is 9.92. The molecule has 0 atom stereocenters. The van der Waals surface area contributed by atoms with Gasteiger partial charge in [-0.3, -0.25) is 14.0 Å². The Balaban J connectivity index is 1.70. The first-order valence-electron chi connectivity index (χ1n) is 11.0. The predicted molar refractivity (Wildman–Crippen MR) is 139 cm³/mol. The summed E-state index contributed by atoms with van der Waals surface area (Å²) in [7, 11) is 3.06. The van der Waals surface area contributed by atoms with Crippen LogP contribution in [0, 0.1) is 0 Å². The molecule has 2 heterocycles. The number of nitrogens with zero attached hydrogens (tertiary/aromatic N) is 3. The van der Waals surface area contributed by atoms with Crippen molar-refractivity contribution in [1.82, 2.24) is 14.4 Å². The standard InChI is InChI=1S/C25H25N7O5/c1-4-20(34)30-18-9-14(5-6-19(18)33)13-28-25-31-23(21(22(26)35)24-27-7-8-32(24)25)29-15-10-16(36-2)12-17(11-15)37-3/h4-12,29,33H,1,13H2,2-3H3,(H2,26,35)(H,28,31)(H,30,34). The number of hydrogen-bond donors (Lipinski definition) is 5. The maximum absolute atomic E-state index is 12.4. The Morgan fingerprint density at radius 1 is 1.16 bits per heavy atom. The lowest BCUT2D eigenvalue weighted by Crippen LogP contribution is -2.18. The summed E-state index contributed by atoms with van der Waals surface area (Å²) in [6.45, 7) is 3.67. The molecular weight excluding hydrogens is 478 g/mol. The average Bonchev–Trinajstić information content (AvgIpc) is 3.38. The van der Waals surface area contributed by atoms with Gasteiger partial charge in [-0.25, -0.2) is 4.98 Å². The number of aromatic nitrogens is 3. The molecule has 6 N–H and O–H groups in total. The minimum atomic E-state index is -0.714. The number of nitrogens with one attached hydrogen (secondary N) is 3. The van der Waals surface area contributed by atoms with E-state index in [0.717, 1.165) is 11.6 Å². The summed E-state index contributed by atoms with van der Waals surface area (Å²) >= 11 is 0. The summed E-state index contributed by atoms with van der Waals surface area (Å²) in [6.07, 6.45) is 4.27. The molecule has 0 fully saturated rings. The van der Waals surface area contributed by atoms with Gasteiger partial charge in [-0.15, -0.1) is 0 Å². The van der Waals surface area contributed by atoms with Gasteiger partial charge in [0.05, 0.1) is 19.9 Å². The Morgan fingerprint density at radius 2 is 1.89 bits per heavy atom. The number of hydrogen-bond acceptors (Lipinski definition) is 9. The molecule has 12 heteroatoms. The lowest BCUT2D eigenvalue weighted by Gasteiger charge is -2.16. The van der Waals surface area contributed by atoms with Crippen LogP contribution in [0.15, 0.2) is 61.4 Å². The summed E-state index contributed by atoms with van der Waals surface area (Å²) < 4.78 is 12.2. The van der Waals surface area contributed by atoms with E-state index in [1.165, 1.54) is 26.5 Å². The predicted octanol–water partition coefficient (Wildman–Crippen LogP) is 3.03. The number of aromatic hydroxyl groups is 1. The Kier molecular flexibility index (Phi) is 7.09. The van der Waals surface area contributed by atoms with Gasteiger partial charge in [0.15, 0.2) is 11.5 Å². The SMILES string of the molecule is C=CC(=O)Nc1cc(CNc2nc(Nc3cc(OC)cc(OC)c3)c(C(N)=O)c3nccn23)ccc1O. The van der Waals surface area contributed by atoms with E-state index >= 15 is 0 Å². The number of phenolic OH excluding ortho intramolecular Hbond substituents is 1. The summed E-state index contributed by atoms with van der Waals surface area (Å²) in [5, 5.41) is 18.9. The number of primary amides is 1. The number of imidazole rings is 1. The second-order valence-electron chi connectivity index (χ2n) is 7.77. The zero-order valence-electron chi connectivity index (χ0n) is 20.1. The molecule has 0 bridgehead atoms. The second-order valence-corrected chi connectivity index (χ2v) is 7.77. The third kappa shape index (κ3) is 5.37. The van der Waals surface area contributed by atoms with Crippen molar-refractivity contribution in [3.63, 3.8) is 0 Å². The first kappa shape index (κ1) is 24.9. The summed E-state index contributed by atoms with van der Waals surface area (Å²) in [5.74, 6) is 0.361. The molecule has 0 radical (unpaired) electrons. The highest BCUT2D eigenvalue weighted by atomic mass is 16.5. The maximum Gasteiger partial charge on any atom is 0.256 e. The lowest BCUT2D eigenvalue weighted by atomic mass is 10.2. The van der Waals surface area contributed by atoms with Crippen molar-refractivity contribution in [1.29, 1.82) is 0 Å². The highest BCUT2D eigenvalue weighted by Crippen LogP contribution is 2.31. The molecule has 0 saturated heterocycles. The van der Waals surface area contributed by atoms with Crippen molar-refractivity contribution in [2.24, 2.45) is 5.73 Å². The number of methoxy groups -OCH3 is 2. The van der Waals surface area contributed by atoms with E-state index in [4.69, 9.17) is 15.2 Å². The normalized spacial score (nSPS) is 10.5. The molecule has 190 valence electrons. The van der Waals surface area contributed by atoms with Crippen molar-refractivity contribution in [2.75, 3.05) is 30.2 Å². The van der Waals surface area contributed by atoms with Gasteiger partial charge in [0.1, 0.15) is 22.8 Å². The molecule has 12 nitrogen and oxygen atoms in total. The Morgan fingerprint density at radius 3 is 2.54 bits per heavy atom. The zero-order valence-corrected chi connectivity index (χ0v) is 20.1. The van der Waals surface area contributed by atoms with E-state index in [9.17, 15) is 14.7 Å². The van der Waals surface area contributed by atoms with Crippen LogP contribution in [0.2, 0.25) is 0 Å². The van der Waals surface area contributed by atoms with Gasteiger partial charge in [-0.2, -0.15) is 4.98 Å². The fraction of sp³-hybridized carbons (Fsp3) is 0.120. The van der Waals surface area contributed by atoms with Crippen LogP contribution in [0.1, 0.15) is 15.9 Å². The van der Waals surface area contributed by atoms with Gasteiger partial charge < -0.3 is 36.3 Å². The zero-order chi connectivity index (χ0) is 26.5. The number of carbonyl (C=O) groups excluding carboxylic acids is 2. The number of phenols is 1. The number of amides is 2. The Hall–Kier alpha value is -5.26. The van der Waals surface area contributed by atoms with Crippen LogP contribution in [0.3, 0.4) is 0 Å². The van der Waals surface area contributed by atoms with Gasteiger partial charge in [-0.05, 0) is 23.8 Å². The van der Waals surface area contributed by atoms with Crippen LogP contribution in [-0.2, 0) is 11.3 Å². The van der Waals surface area contributed by atoms with E-state index in [1.807, 2.05) is 0 Å². The largest absolute Gasteiger partial charge is 0.506 e. The fourth-order valence-corrected chi connectivity index (χ4v) is 3.60. The highest BCUT2D eigenvalue weighted by molar-refractivity contribution is 6.04. The second kappa shape index (κ2) is 10.6. The van der Waals surface area contributed by atoms with Crippen LogP contribution in [-0.4, -0.2) is 45.5 Å². The molecule has 4 aromatic rings. The molecule has 2 aromatic carbocycles. The van der Waals surface area contributed by atoms with E-state index in [2.05, 4.69) is 32.5 Å². The van der Waals surface area contributed by atoms with E-state index in [-0.39, 0.29) is 29.4 Å². The molecular formula is C25H25N7O5. The van der Waals surface area contributed by atoms with Crippen LogP contribution in [0.4, 0.5) is 23.1 Å². The van der Waals surface area contributed by atoms with Crippen molar-refractivity contribution >= 4 is 40.6 Å². The molecule has 37 heavy (non-hydrogen) atoms. The van der Waals surface area contributed by atoms with Gasteiger partial charge in [0, 0.05) is 42.8 Å². The van der Waals surface area contributed by atoms with E-state index in [1.54, 1.807) is 40.9 Å². The molecule has 0 aliphatic heterocycles. The molecule has 0 spiro atoms. The fourth-order valence-electron chi connectivity index (χ4n) is 3.60. The molecule has 2 amide bonds.